The van der Waals surface area contributed by atoms with E-state index in [0.29, 0.717) is 0 Å². The van der Waals surface area contributed by atoms with Gasteiger partial charge in [-0.25, -0.2) is 27.6 Å². The third kappa shape index (κ3) is 3.53. The van der Waals surface area contributed by atoms with Gasteiger partial charge in [0.05, 0.1) is 11.2 Å². The highest BCUT2D eigenvalue weighted by atomic mass is 35.5. The summed E-state index contributed by atoms with van der Waals surface area (Å²) in [6.45, 7) is 0. The number of para-hydroxylation sites is 1. The molecule has 0 aliphatic rings. The Morgan fingerprint density at radius 1 is 1.33 bits per heavy atom. The lowest BCUT2D eigenvalue weighted by atomic mass is 10.3. The molecule has 1 aromatic heterocycles. The van der Waals surface area contributed by atoms with Crippen LogP contribution in [-0.2, 0) is 9.84 Å². The molecule has 0 fully saturated rings. The van der Waals surface area contributed by atoms with Crippen LogP contribution in [0.5, 0.6) is 5.75 Å². The van der Waals surface area contributed by atoms with E-state index >= 15 is 0 Å². The van der Waals surface area contributed by atoms with E-state index in [1.165, 1.54) is 18.2 Å². The third-order valence-corrected chi connectivity index (χ3v) is 3.42. The summed E-state index contributed by atoms with van der Waals surface area (Å²) >= 11 is 5.73. The number of halogens is 2. The Morgan fingerprint density at radius 2 is 2.00 bits per heavy atom. The molecule has 0 atom stereocenters. The van der Waals surface area contributed by atoms with E-state index in [1.54, 1.807) is 0 Å². The van der Waals surface area contributed by atoms with Gasteiger partial charge in [-0.15, -0.1) is 0 Å². The predicted molar refractivity (Wildman–Crippen MR) is 71.5 cm³/mol. The zero-order chi connectivity index (χ0) is 15.6. The monoisotopic (exact) mass is 330 g/mol. The van der Waals surface area contributed by atoms with Crippen LogP contribution in [0.25, 0.3) is 0 Å². The van der Waals surface area contributed by atoms with Crippen molar-refractivity contribution in [3.63, 3.8) is 0 Å². The smallest absolute Gasteiger partial charge is 0.364 e. The minimum atomic E-state index is -3.72. The van der Waals surface area contributed by atoms with Crippen molar-refractivity contribution in [3.8, 4) is 5.75 Å². The lowest BCUT2D eigenvalue weighted by Crippen LogP contribution is -2.15. The van der Waals surface area contributed by atoms with E-state index in [9.17, 15) is 17.6 Å². The van der Waals surface area contributed by atoms with E-state index in [4.69, 9.17) is 16.3 Å². The van der Waals surface area contributed by atoms with Gasteiger partial charge in [0.1, 0.15) is 0 Å². The van der Waals surface area contributed by atoms with Crippen LogP contribution in [0.4, 0.5) is 4.39 Å². The van der Waals surface area contributed by atoms with Crippen molar-refractivity contribution in [3.05, 3.63) is 47.0 Å². The summed E-state index contributed by atoms with van der Waals surface area (Å²) in [5.41, 5.74) is -0.463. The maximum Gasteiger partial charge on any atom is 0.364 e. The van der Waals surface area contributed by atoms with Crippen molar-refractivity contribution in [2.24, 2.45) is 0 Å². The summed E-state index contributed by atoms with van der Waals surface area (Å²) in [6.07, 6.45) is 1.84. The van der Waals surface area contributed by atoms with E-state index in [-0.39, 0.29) is 10.8 Å². The van der Waals surface area contributed by atoms with Crippen LogP contribution in [0, 0.1) is 5.82 Å². The molecule has 110 valence electrons. The zero-order valence-corrected chi connectivity index (χ0v) is 12.2. The van der Waals surface area contributed by atoms with E-state index in [0.717, 1.165) is 18.5 Å². The molecule has 1 heterocycles. The zero-order valence-electron chi connectivity index (χ0n) is 10.6. The fourth-order valence-corrected chi connectivity index (χ4v) is 2.02. The maximum absolute atomic E-state index is 13.4. The van der Waals surface area contributed by atoms with Crippen molar-refractivity contribution in [1.82, 2.24) is 9.97 Å². The number of nitrogens with zero attached hydrogens (tertiary/aromatic N) is 2. The average Bonchev–Trinajstić information content (AvgIpc) is 2.40. The normalized spacial score (nSPS) is 11.2. The van der Waals surface area contributed by atoms with Gasteiger partial charge in [-0.3, -0.25) is 0 Å². The highest BCUT2D eigenvalue weighted by molar-refractivity contribution is 7.90. The molecule has 0 bridgehead atoms. The summed E-state index contributed by atoms with van der Waals surface area (Å²) in [7, 11) is -3.72. The molecule has 0 saturated carbocycles. The largest absolute Gasteiger partial charge is 0.419 e. The van der Waals surface area contributed by atoms with Crippen molar-refractivity contribution >= 4 is 27.4 Å². The molecule has 0 saturated heterocycles. The summed E-state index contributed by atoms with van der Waals surface area (Å²) in [5, 5.41) is -0.781. The van der Waals surface area contributed by atoms with Crippen LogP contribution >= 0.6 is 11.6 Å². The number of sulfone groups is 1. The molecule has 0 unspecified atom stereocenters. The highest BCUT2D eigenvalue weighted by Crippen LogP contribution is 2.20. The number of aromatic nitrogens is 2. The van der Waals surface area contributed by atoms with Crippen molar-refractivity contribution in [2.45, 2.75) is 5.16 Å². The van der Waals surface area contributed by atoms with Crippen LogP contribution in [-0.4, -0.2) is 30.6 Å². The van der Waals surface area contributed by atoms with Crippen LogP contribution in [0.15, 0.2) is 35.6 Å². The number of hydrogen-bond donors (Lipinski definition) is 0. The van der Waals surface area contributed by atoms with E-state index < -0.39 is 32.5 Å². The molecule has 0 amide bonds. The maximum atomic E-state index is 13.4. The standard InChI is InChI=1S/C12H8ClFN2O4S/c1-21(18,19)12-15-6-7(13)10(16-12)11(17)20-9-5-3-2-4-8(9)14/h2-6H,1H3. The van der Waals surface area contributed by atoms with Crippen LogP contribution in [0.1, 0.15) is 10.5 Å². The Hall–Kier alpha value is -2.06. The third-order valence-electron chi connectivity index (χ3n) is 2.29. The molecule has 0 aliphatic carbocycles. The van der Waals surface area contributed by atoms with Gasteiger partial charge in [-0.1, -0.05) is 23.7 Å². The first kappa shape index (κ1) is 15.3. The number of rotatable bonds is 3. The summed E-state index contributed by atoms with van der Waals surface area (Å²) in [6, 6.07) is 5.23. The molecule has 2 aromatic rings. The Kier molecular flexibility index (Phi) is 4.19. The summed E-state index contributed by atoms with van der Waals surface area (Å²) in [4.78, 5) is 19.0. The minimum absolute atomic E-state index is 0.205. The first-order valence-electron chi connectivity index (χ1n) is 5.48. The van der Waals surface area contributed by atoms with Gasteiger partial charge in [0.2, 0.25) is 15.0 Å². The first-order chi connectivity index (χ1) is 9.79. The molecular formula is C12H8ClFN2O4S. The molecular weight excluding hydrogens is 323 g/mol. The second-order valence-corrected chi connectivity index (χ2v) is 6.26. The van der Waals surface area contributed by atoms with Crippen molar-refractivity contribution in [1.29, 1.82) is 0 Å². The second-order valence-electron chi connectivity index (χ2n) is 3.94. The first-order valence-corrected chi connectivity index (χ1v) is 7.75. The molecule has 1 aromatic carbocycles. The van der Waals surface area contributed by atoms with Crippen LogP contribution < -0.4 is 4.74 Å². The van der Waals surface area contributed by atoms with Crippen molar-refractivity contribution < 1.29 is 22.3 Å². The Labute approximate surface area is 124 Å². The highest BCUT2D eigenvalue weighted by Gasteiger charge is 2.21. The molecule has 21 heavy (non-hydrogen) atoms. The fourth-order valence-electron chi connectivity index (χ4n) is 1.35. The van der Waals surface area contributed by atoms with Crippen LogP contribution in [0.3, 0.4) is 0 Å². The van der Waals surface area contributed by atoms with Gasteiger partial charge in [-0.2, -0.15) is 0 Å². The van der Waals surface area contributed by atoms with Crippen molar-refractivity contribution in [2.75, 3.05) is 6.26 Å². The summed E-state index contributed by atoms with van der Waals surface area (Å²) < 4.78 is 40.9. The van der Waals surface area contributed by atoms with Gasteiger partial charge >= 0.3 is 5.97 Å². The van der Waals surface area contributed by atoms with E-state index in [2.05, 4.69) is 9.97 Å². The number of hydrogen-bond acceptors (Lipinski definition) is 6. The van der Waals surface area contributed by atoms with E-state index in [1.807, 2.05) is 0 Å². The van der Waals surface area contributed by atoms with Gasteiger partial charge in [0, 0.05) is 6.26 Å². The number of carbonyl (C=O) groups excluding carboxylic acids is 1. The lowest BCUT2D eigenvalue weighted by Gasteiger charge is -2.06. The number of esters is 1. The minimum Gasteiger partial charge on any atom is -0.419 e. The predicted octanol–water partition coefficient (Wildman–Crippen LogP) is 1.89. The van der Waals surface area contributed by atoms with Gasteiger partial charge in [-0.05, 0) is 12.1 Å². The number of ether oxygens (including phenoxy) is 1. The molecule has 6 nitrogen and oxygen atoms in total. The average molecular weight is 331 g/mol. The Bertz CT molecular complexity index is 811. The second kappa shape index (κ2) is 5.74. The molecule has 0 spiro atoms. The molecule has 0 radical (unpaired) electrons. The summed E-state index contributed by atoms with van der Waals surface area (Å²) in [5.74, 6) is -2.16. The molecule has 9 heteroatoms. The van der Waals surface area contributed by atoms with Gasteiger partial charge in [0.15, 0.2) is 17.3 Å². The quantitative estimate of drug-likeness (QED) is 0.485. The fraction of sp³-hybridized carbons (Fsp3) is 0.0833. The molecule has 2 rings (SSSR count). The lowest BCUT2D eigenvalue weighted by molar-refractivity contribution is 0.0720. The number of carbonyl (C=O) groups is 1. The molecule has 0 N–H and O–H groups in total. The topological polar surface area (TPSA) is 86.2 Å². The Morgan fingerprint density at radius 3 is 2.62 bits per heavy atom. The Balaban J connectivity index is 2.38. The van der Waals surface area contributed by atoms with Gasteiger partial charge in [0.25, 0.3) is 0 Å². The van der Waals surface area contributed by atoms with Crippen LogP contribution in [0.2, 0.25) is 5.02 Å². The SMILES string of the molecule is CS(=O)(=O)c1ncc(Cl)c(C(=O)Oc2ccccc2F)n1. The number of benzene rings is 1. The molecule has 0 aliphatic heterocycles. The van der Waals surface area contributed by atoms with Gasteiger partial charge < -0.3 is 4.74 Å².